The summed E-state index contributed by atoms with van der Waals surface area (Å²) in [4.78, 5) is 13.3. The zero-order valence-corrected chi connectivity index (χ0v) is 10.7. The Morgan fingerprint density at radius 2 is 2.06 bits per heavy atom. The molecule has 0 fully saturated rings. The summed E-state index contributed by atoms with van der Waals surface area (Å²) in [7, 11) is 0.591. The molecule has 0 amide bonds. The maximum atomic E-state index is 11.3. The van der Waals surface area contributed by atoms with E-state index in [1.165, 1.54) is 6.26 Å². The fraction of sp³-hybridized carbons (Fsp3) is 0.400. The highest BCUT2D eigenvalue weighted by atomic mass is 32.2. The second-order valence-electron chi connectivity index (χ2n) is 4.17. The molecular formula is C10H14N4O2S. The molecular weight excluding hydrogens is 240 g/mol. The molecule has 0 spiro atoms. The molecule has 2 heterocycles. The first-order chi connectivity index (χ1) is 7.87. The lowest BCUT2D eigenvalue weighted by Crippen LogP contribution is -2.14. The third-order valence-electron chi connectivity index (χ3n) is 2.26. The van der Waals surface area contributed by atoms with Crippen molar-refractivity contribution in [3.63, 3.8) is 0 Å². The van der Waals surface area contributed by atoms with E-state index in [2.05, 4.69) is 15.0 Å². The third-order valence-corrected chi connectivity index (χ3v) is 3.04. The van der Waals surface area contributed by atoms with Crippen LogP contribution in [0, 0.1) is 0 Å². The Hall–Kier alpha value is -1.63. The Morgan fingerprint density at radius 3 is 2.65 bits per heavy atom. The second-order valence-corrected chi connectivity index (χ2v) is 6.31. The molecule has 92 valence electrons. The average molecular weight is 254 g/mol. The molecule has 0 saturated heterocycles. The number of rotatable bonds is 3. The van der Waals surface area contributed by atoms with Crippen LogP contribution in [0.15, 0.2) is 12.3 Å². The van der Waals surface area contributed by atoms with Crippen LogP contribution in [-0.2, 0) is 15.6 Å². The topological polar surface area (TPSA) is 79.0 Å². The van der Waals surface area contributed by atoms with Crippen molar-refractivity contribution in [1.82, 2.24) is 15.0 Å². The maximum Gasteiger partial charge on any atom is 0.154 e. The average Bonchev–Trinajstić information content (AvgIpc) is 2.60. The summed E-state index contributed by atoms with van der Waals surface area (Å²) in [5, 5.41) is 0.882. The molecule has 2 rings (SSSR count). The summed E-state index contributed by atoms with van der Waals surface area (Å²) < 4.78 is 22.5. The molecule has 0 saturated carbocycles. The van der Waals surface area contributed by atoms with Gasteiger partial charge in [0.2, 0.25) is 0 Å². The summed E-state index contributed by atoms with van der Waals surface area (Å²) in [6, 6.07) is 1.87. The fourth-order valence-electron chi connectivity index (χ4n) is 1.61. The van der Waals surface area contributed by atoms with Gasteiger partial charge in [-0.25, -0.2) is 18.4 Å². The van der Waals surface area contributed by atoms with Crippen molar-refractivity contribution in [1.29, 1.82) is 0 Å². The largest absolute Gasteiger partial charge is 0.362 e. The van der Waals surface area contributed by atoms with Crippen LogP contribution in [0.2, 0.25) is 0 Å². The number of aromatic nitrogens is 3. The molecule has 1 N–H and O–H groups in total. The van der Waals surface area contributed by atoms with E-state index in [4.69, 9.17) is 0 Å². The molecule has 0 aromatic carbocycles. The van der Waals surface area contributed by atoms with Gasteiger partial charge in [-0.3, -0.25) is 0 Å². The standard InChI is InChI=1S/C10H14N4O2S/c1-14(2)10-7-4-5-11-9(7)12-8(13-10)6-17(3,15)16/h4-5H,6H2,1-3H3,(H,11,12,13). The molecule has 2 aromatic rings. The van der Waals surface area contributed by atoms with Crippen LogP contribution in [0.1, 0.15) is 5.82 Å². The fourth-order valence-corrected chi connectivity index (χ4v) is 2.21. The smallest absolute Gasteiger partial charge is 0.154 e. The highest BCUT2D eigenvalue weighted by molar-refractivity contribution is 7.89. The first-order valence-corrected chi connectivity index (χ1v) is 7.12. The van der Waals surface area contributed by atoms with Gasteiger partial charge < -0.3 is 9.88 Å². The van der Waals surface area contributed by atoms with Crippen LogP contribution < -0.4 is 4.90 Å². The van der Waals surface area contributed by atoms with Crippen LogP contribution in [0.5, 0.6) is 0 Å². The summed E-state index contributed by atoms with van der Waals surface area (Å²) in [6.45, 7) is 0. The zero-order valence-electron chi connectivity index (χ0n) is 9.93. The summed E-state index contributed by atoms with van der Waals surface area (Å²) in [5.74, 6) is 0.879. The van der Waals surface area contributed by atoms with E-state index >= 15 is 0 Å². The van der Waals surface area contributed by atoms with E-state index in [0.717, 1.165) is 11.2 Å². The lowest BCUT2D eigenvalue weighted by Gasteiger charge is -2.13. The first kappa shape index (κ1) is 11.8. The van der Waals surface area contributed by atoms with Gasteiger partial charge in [0.05, 0.1) is 5.39 Å². The van der Waals surface area contributed by atoms with Crippen molar-refractivity contribution in [3.05, 3.63) is 18.1 Å². The first-order valence-electron chi connectivity index (χ1n) is 5.06. The van der Waals surface area contributed by atoms with Gasteiger partial charge in [0.25, 0.3) is 0 Å². The van der Waals surface area contributed by atoms with E-state index in [-0.39, 0.29) is 5.75 Å². The number of H-pyrrole nitrogens is 1. The molecule has 0 aliphatic carbocycles. The van der Waals surface area contributed by atoms with Gasteiger partial charge >= 0.3 is 0 Å². The predicted octanol–water partition coefficient (Wildman–Crippen LogP) is 0.569. The number of sulfone groups is 1. The van der Waals surface area contributed by atoms with Gasteiger partial charge in [-0.1, -0.05) is 0 Å². The van der Waals surface area contributed by atoms with Gasteiger partial charge in [-0.2, -0.15) is 0 Å². The Balaban J connectivity index is 2.59. The number of nitrogens with zero attached hydrogens (tertiary/aromatic N) is 3. The lowest BCUT2D eigenvalue weighted by molar-refractivity contribution is 0.599. The monoisotopic (exact) mass is 254 g/mol. The SMILES string of the molecule is CN(C)c1nc(CS(C)(=O)=O)nc2[nH]ccc12. The van der Waals surface area contributed by atoms with Gasteiger partial charge in [-0.05, 0) is 6.07 Å². The molecule has 7 heteroatoms. The van der Waals surface area contributed by atoms with Crippen molar-refractivity contribution in [2.75, 3.05) is 25.3 Å². The van der Waals surface area contributed by atoms with Crippen molar-refractivity contribution < 1.29 is 8.42 Å². The third kappa shape index (κ3) is 2.55. The number of aromatic amines is 1. The lowest BCUT2D eigenvalue weighted by atomic mass is 10.3. The van der Waals surface area contributed by atoms with Gasteiger partial charge in [0.1, 0.15) is 23.0 Å². The van der Waals surface area contributed by atoms with Crippen LogP contribution in [0.3, 0.4) is 0 Å². The number of anilines is 1. The van der Waals surface area contributed by atoms with Crippen molar-refractivity contribution in [2.45, 2.75) is 5.75 Å². The molecule has 0 bridgehead atoms. The van der Waals surface area contributed by atoms with Gasteiger partial charge in [0.15, 0.2) is 9.84 Å². The second kappa shape index (κ2) is 3.99. The summed E-state index contributed by atoms with van der Waals surface area (Å²) in [5.41, 5.74) is 0.655. The predicted molar refractivity (Wildman–Crippen MR) is 66.8 cm³/mol. The minimum absolute atomic E-state index is 0.150. The number of hydrogen-bond acceptors (Lipinski definition) is 5. The Kier molecular flexibility index (Phi) is 2.78. The molecule has 6 nitrogen and oxygen atoms in total. The Bertz CT molecular complexity index is 645. The van der Waals surface area contributed by atoms with Crippen molar-refractivity contribution in [3.8, 4) is 0 Å². The van der Waals surface area contributed by atoms with E-state index in [9.17, 15) is 8.42 Å². The quantitative estimate of drug-likeness (QED) is 0.866. The van der Waals surface area contributed by atoms with Gasteiger partial charge in [-0.15, -0.1) is 0 Å². The maximum absolute atomic E-state index is 11.3. The van der Waals surface area contributed by atoms with Crippen LogP contribution >= 0.6 is 0 Å². The van der Waals surface area contributed by atoms with E-state index in [1.54, 1.807) is 6.20 Å². The minimum atomic E-state index is -3.13. The van der Waals surface area contributed by atoms with Crippen LogP contribution in [-0.4, -0.2) is 43.7 Å². The summed E-state index contributed by atoms with van der Waals surface area (Å²) in [6.07, 6.45) is 2.93. The van der Waals surface area contributed by atoms with Crippen molar-refractivity contribution >= 4 is 26.7 Å². The molecule has 0 aliphatic heterocycles. The van der Waals surface area contributed by atoms with Crippen LogP contribution in [0.25, 0.3) is 11.0 Å². The molecule has 0 unspecified atom stereocenters. The van der Waals surface area contributed by atoms with E-state index < -0.39 is 9.84 Å². The molecule has 17 heavy (non-hydrogen) atoms. The summed E-state index contributed by atoms with van der Waals surface area (Å²) >= 11 is 0. The minimum Gasteiger partial charge on any atom is -0.362 e. The number of hydrogen-bond donors (Lipinski definition) is 1. The number of fused-ring (bicyclic) bond motifs is 1. The molecule has 0 atom stereocenters. The van der Waals surface area contributed by atoms with E-state index in [0.29, 0.717) is 11.5 Å². The van der Waals surface area contributed by atoms with E-state index in [1.807, 2.05) is 25.1 Å². The molecule has 0 aliphatic rings. The zero-order chi connectivity index (χ0) is 12.6. The highest BCUT2D eigenvalue weighted by Crippen LogP contribution is 2.21. The van der Waals surface area contributed by atoms with Crippen LogP contribution in [0.4, 0.5) is 5.82 Å². The normalized spacial score (nSPS) is 11.9. The Labute approximate surface area is 99.6 Å². The molecule has 2 aromatic heterocycles. The highest BCUT2D eigenvalue weighted by Gasteiger charge is 2.13. The Morgan fingerprint density at radius 1 is 1.35 bits per heavy atom. The number of nitrogens with one attached hydrogen (secondary N) is 1. The molecule has 0 radical (unpaired) electrons. The van der Waals surface area contributed by atoms with Gasteiger partial charge in [0, 0.05) is 26.5 Å². The van der Waals surface area contributed by atoms with Crippen molar-refractivity contribution in [2.24, 2.45) is 0 Å².